The molecule has 0 radical (unpaired) electrons. The molecule has 0 unspecified atom stereocenters. The highest BCUT2D eigenvalue weighted by Gasteiger charge is 2.12. The Morgan fingerprint density at radius 2 is 1.50 bits per heavy atom. The highest BCUT2D eigenvalue weighted by atomic mass is 35.5. The van der Waals surface area contributed by atoms with E-state index in [0.717, 1.165) is 27.2 Å². The van der Waals surface area contributed by atoms with Gasteiger partial charge in [0.2, 0.25) is 0 Å². The fraction of sp³-hybridized carbons (Fsp3) is 0.167. The molecule has 4 nitrogen and oxygen atoms in total. The first-order valence-electron chi connectivity index (χ1n) is 9.71. The standard InChI is InChI=1S/C24H23ClN4S/c1-14-5-11-21-22(13-14)28-23(26-20-12-6-15(2)16(3)17(20)4)24(27-21)29-30-19-9-7-18(25)8-10-19/h5-13H,1-4H3,(H,26,28)(H,27,29). The number of benzene rings is 3. The Bertz CT molecular complexity index is 1220. The lowest BCUT2D eigenvalue weighted by atomic mass is 10.0. The Morgan fingerprint density at radius 3 is 2.27 bits per heavy atom. The van der Waals surface area contributed by atoms with Gasteiger partial charge in [0.05, 0.1) is 11.0 Å². The Kier molecular flexibility index (Phi) is 5.84. The van der Waals surface area contributed by atoms with Gasteiger partial charge in [0.1, 0.15) is 0 Å². The van der Waals surface area contributed by atoms with Crippen LogP contribution < -0.4 is 10.0 Å². The van der Waals surface area contributed by atoms with Crippen molar-refractivity contribution < 1.29 is 0 Å². The molecule has 30 heavy (non-hydrogen) atoms. The van der Waals surface area contributed by atoms with E-state index in [1.54, 1.807) is 0 Å². The van der Waals surface area contributed by atoms with Gasteiger partial charge < -0.3 is 10.0 Å². The number of hydrogen-bond acceptors (Lipinski definition) is 5. The summed E-state index contributed by atoms with van der Waals surface area (Å²) in [6, 6.07) is 18.0. The van der Waals surface area contributed by atoms with E-state index < -0.39 is 0 Å². The molecule has 3 aromatic carbocycles. The largest absolute Gasteiger partial charge is 0.337 e. The molecule has 0 aliphatic carbocycles. The SMILES string of the molecule is Cc1ccc2nc(NSc3ccc(Cl)cc3)c(Nc3ccc(C)c(C)c3C)nc2c1. The molecule has 0 saturated heterocycles. The minimum Gasteiger partial charge on any atom is -0.337 e. The van der Waals surface area contributed by atoms with Crippen LogP contribution in [0.1, 0.15) is 22.3 Å². The number of nitrogens with zero attached hydrogens (tertiary/aromatic N) is 2. The summed E-state index contributed by atoms with van der Waals surface area (Å²) >= 11 is 7.48. The van der Waals surface area contributed by atoms with Gasteiger partial charge in [0.25, 0.3) is 0 Å². The van der Waals surface area contributed by atoms with Gasteiger partial charge in [0, 0.05) is 15.6 Å². The molecule has 152 valence electrons. The molecule has 0 atom stereocenters. The zero-order chi connectivity index (χ0) is 21.3. The summed E-state index contributed by atoms with van der Waals surface area (Å²) in [6.45, 7) is 8.45. The van der Waals surface area contributed by atoms with Gasteiger partial charge in [-0.05, 0) is 104 Å². The van der Waals surface area contributed by atoms with Crippen molar-refractivity contribution in [3.05, 3.63) is 81.9 Å². The summed E-state index contributed by atoms with van der Waals surface area (Å²) in [4.78, 5) is 10.8. The summed E-state index contributed by atoms with van der Waals surface area (Å²) in [6.07, 6.45) is 0. The first-order valence-corrected chi connectivity index (χ1v) is 10.9. The molecule has 1 heterocycles. The predicted octanol–water partition coefficient (Wildman–Crippen LogP) is 7.38. The van der Waals surface area contributed by atoms with Crippen molar-refractivity contribution in [1.29, 1.82) is 0 Å². The number of aryl methyl sites for hydroxylation is 2. The van der Waals surface area contributed by atoms with Gasteiger partial charge in [-0.2, -0.15) is 0 Å². The normalized spacial score (nSPS) is 11.0. The maximum absolute atomic E-state index is 6.00. The van der Waals surface area contributed by atoms with Crippen LogP contribution in [0, 0.1) is 27.7 Å². The number of hydrogen-bond donors (Lipinski definition) is 2. The van der Waals surface area contributed by atoms with Gasteiger partial charge in [-0.1, -0.05) is 23.7 Å². The van der Waals surface area contributed by atoms with Crippen LogP contribution in [0.25, 0.3) is 11.0 Å². The lowest BCUT2D eigenvalue weighted by Gasteiger charge is -2.16. The van der Waals surface area contributed by atoms with Gasteiger partial charge >= 0.3 is 0 Å². The van der Waals surface area contributed by atoms with Crippen LogP contribution in [0.3, 0.4) is 0 Å². The number of anilines is 3. The predicted molar refractivity (Wildman–Crippen MR) is 129 cm³/mol. The molecule has 0 aliphatic heterocycles. The molecule has 0 amide bonds. The van der Waals surface area contributed by atoms with Crippen molar-refractivity contribution in [2.75, 3.05) is 10.0 Å². The molecule has 6 heteroatoms. The molecule has 4 aromatic rings. The molecular weight excluding hydrogens is 412 g/mol. The summed E-state index contributed by atoms with van der Waals surface area (Å²) in [7, 11) is 0. The van der Waals surface area contributed by atoms with Crippen LogP contribution in [0.5, 0.6) is 0 Å². The average molecular weight is 435 g/mol. The number of halogens is 1. The topological polar surface area (TPSA) is 49.8 Å². The molecular formula is C24H23ClN4S. The zero-order valence-electron chi connectivity index (χ0n) is 17.4. The summed E-state index contributed by atoms with van der Waals surface area (Å²) in [5, 5.41) is 4.21. The van der Waals surface area contributed by atoms with Gasteiger partial charge in [0.15, 0.2) is 11.6 Å². The molecule has 2 N–H and O–H groups in total. The second-order valence-corrected chi connectivity index (χ2v) is 8.69. The lowest BCUT2D eigenvalue weighted by molar-refractivity contribution is 1.24. The second-order valence-electron chi connectivity index (χ2n) is 7.38. The fourth-order valence-electron chi connectivity index (χ4n) is 3.15. The molecule has 0 aliphatic rings. The zero-order valence-corrected chi connectivity index (χ0v) is 18.9. The van der Waals surface area contributed by atoms with Crippen molar-refractivity contribution in [3.8, 4) is 0 Å². The van der Waals surface area contributed by atoms with E-state index in [1.807, 2.05) is 36.4 Å². The number of nitrogens with one attached hydrogen (secondary N) is 2. The second kappa shape index (κ2) is 8.54. The minimum absolute atomic E-state index is 0.684. The quantitative estimate of drug-likeness (QED) is 0.321. The van der Waals surface area contributed by atoms with Crippen LogP contribution in [-0.2, 0) is 0 Å². The van der Waals surface area contributed by atoms with Gasteiger partial charge in [-0.25, -0.2) is 9.97 Å². The maximum Gasteiger partial charge on any atom is 0.180 e. The molecule has 0 spiro atoms. The van der Waals surface area contributed by atoms with Crippen LogP contribution >= 0.6 is 23.5 Å². The van der Waals surface area contributed by atoms with Crippen molar-refractivity contribution in [2.45, 2.75) is 32.6 Å². The van der Waals surface area contributed by atoms with E-state index in [2.05, 4.69) is 55.9 Å². The highest BCUT2D eigenvalue weighted by molar-refractivity contribution is 8.00. The molecule has 0 fully saturated rings. The van der Waals surface area contributed by atoms with E-state index >= 15 is 0 Å². The van der Waals surface area contributed by atoms with Crippen molar-refractivity contribution in [3.63, 3.8) is 0 Å². The third-order valence-electron chi connectivity index (χ3n) is 5.21. The number of fused-ring (bicyclic) bond motifs is 1. The Balaban J connectivity index is 1.72. The molecule has 0 bridgehead atoms. The van der Waals surface area contributed by atoms with E-state index in [0.29, 0.717) is 16.7 Å². The van der Waals surface area contributed by atoms with Gasteiger partial charge in [-0.3, -0.25) is 0 Å². The smallest absolute Gasteiger partial charge is 0.180 e. The Labute approximate surface area is 186 Å². The van der Waals surface area contributed by atoms with E-state index in [4.69, 9.17) is 21.6 Å². The fourth-order valence-corrected chi connectivity index (χ4v) is 3.91. The number of aromatic nitrogens is 2. The first-order chi connectivity index (χ1) is 14.4. The first kappa shape index (κ1) is 20.5. The minimum atomic E-state index is 0.684. The Hall–Kier alpha value is -2.76. The van der Waals surface area contributed by atoms with Crippen LogP contribution in [0.4, 0.5) is 17.3 Å². The highest BCUT2D eigenvalue weighted by Crippen LogP contribution is 2.31. The third-order valence-corrected chi connectivity index (χ3v) is 6.27. The van der Waals surface area contributed by atoms with Gasteiger partial charge in [-0.15, -0.1) is 0 Å². The molecule has 1 aromatic heterocycles. The van der Waals surface area contributed by atoms with Crippen LogP contribution in [0.15, 0.2) is 59.5 Å². The lowest BCUT2D eigenvalue weighted by Crippen LogP contribution is -2.04. The Morgan fingerprint density at radius 1 is 0.767 bits per heavy atom. The van der Waals surface area contributed by atoms with Crippen molar-refractivity contribution in [2.24, 2.45) is 0 Å². The van der Waals surface area contributed by atoms with Crippen LogP contribution in [0.2, 0.25) is 5.02 Å². The molecule has 4 rings (SSSR count). The van der Waals surface area contributed by atoms with E-state index in [-0.39, 0.29) is 0 Å². The molecule has 0 saturated carbocycles. The summed E-state index contributed by atoms with van der Waals surface area (Å²) in [5.74, 6) is 1.38. The van der Waals surface area contributed by atoms with E-state index in [1.165, 1.54) is 28.6 Å². The summed E-state index contributed by atoms with van der Waals surface area (Å²) < 4.78 is 3.36. The van der Waals surface area contributed by atoms with E-state index in [9.17, 15) is 0 Å². The monoisotopic (exact) mass is 434 g/mol. The number of rotatable bonds is 5. The summed E-state index contributed by atoms with van der Waals surface area (Å²) in [5.41, 5.74) is 7.64. The van der Waals surface area contributed by atoms with Crippen LogP contribution in [-0.4, -0.2) is 9.97 Å². The maximum atomic E-state index is 6.00. The average Bonchev–Trinajstić information content (AvgIpc) is 2.73. The van der Waals surface area contributed by atoms with Crippen molar-refractivity contribution in [1.82, 2.24) is 9.97 Å². The van der Waals surface area contributed by atoms with Crippen molar-refractivity contribution >= 4 is 51.9 Å². The third kappa shape index (κ3) is 4.37.